The van der Waals surface area contributed by atoms with Gasteiger partial charge in [-0.05, 0) is 62.4 Å². The summed E-state index contributed by atoms with van der Waals surface area (Å²) in [6.45, 7) is 2.95. The third-order valence-corrected chi connectivity index (χ3v) is 5.66. The van der Waals surface area contributed by atoms with Crippen LogP contribution in [0.4, 0.5) is 0 Å². The van der Waals surface area contributed by atoms with Crippen molar-refractivity contribution in [3.63, 3.8) is 0 Å². The number of rotatable bonds is 6. The molecule has 3 nitrogen and oxygen atoms in total. The average molecular weight is 339 g/mol. The van der Waals surface area contributed by atoms with Gasteiger partial charge in [-0.3, -0.25) is 4.79 Å². The highest BCUT2D eigenvalue weighted by Gasteiger charge is 2.25. The Morgan fingerprint density at radius 1 is 1.18 bits per heavy atom. The molecule has 1 saturated carbocycles. The van der Waals surface area contributed by atoms with Crippen molar-refractivity contribution in [3.8, 4) is 0 Å². The minimum absolute atomic E-state index is 0.251. The molecule has 1 N–H and O–H groups in total. The number of likely N-dealkylation sites (tertiary alicyclic amines) is 1. The molecule has 5 heteroatoms. The monoisotopic (exact) mass is 338 g/mol. The molecule has 0 bridgehead atoms. The minimum atomic E-state index is 0.251. The van der Waals surface area contributed by atoms with E-state index in [1.165, 1.54) is 19.4 Å². The number of benzene rings is 1. The first-order chi connectivity index (χ1) is 10.7. The summed E-state index contributed by atoms with van der Waals surface area (Å²) in [5.74, 6) is 1.69. The Morgan fingerprint density at radius 2 is 1.86 bits per heavy atom. The van der Waals surface area contributed by atoms with Crippen LogP contribution in [0, 0.1) is 5.92 Å². The molecule has 0 aromatic heterocycles. The molecule has 22 heavy (non-hydrogen) atoms. The first-order valence-electron chi connectivity index (χ1n) is 8.10. The number of carbonyl (C=O) groups excluding carboxylic acids is 1. The lowest BCUT2D eigenvalue weighted by Crippen LogP contribution is -2.45. The average Bonchev–Trinajstić information content (AvgIpc) is 3.37. The lowest BCUT2D eigenvalue weighted by atomic mass is 10.0. The van der Waals surface area contributed by atoms with E-state index in [0.29, 0.717) is 11.8 Å². The molecular formula is C17H23ClN2OS. The first kappa shape index (κ1) is 16.2. The van der Waals surface area contributed by atoms with E-state index >= 15 is 0 Å². The molecule has 120 valence electrons. The Bertz CT molecular complexity index is 496. The van der Waals surface area contributed by atoms with Crippen molar-refractivity contribution >= 4 is 29.3 Å². The Morgan fingerprint density at radius 3 is 2.50 bits per heavy atom. The fourth-order valence-corrected chi connectivity index (χ4v) is 3.68. The number of hydrogen-bond donors (Lipinski definition) is 1. The maximum Gasteiger partial charge on any atom is 0.232 e. The molecule has 1 heterocycles. The van der Waals surface area contributed by atoms with Crippen LogP contribution < -0.4 is 5.32 Å². The zero-order chi connectivity index (χ0) is 15.4. The van der Waals surface area contributed by atoms with Crippen molar-refractivity contribution in [2.45, 2.75) is 36.6 Å². The second-order valence-electron chi connectivity index (χ2n) is 6.25. The number of hydrogen-bond acceptors (Lipinski definition) is 3. The van der Waals surface area contributed by atoms with Crippen LogP contribution in [-0.4, -0.2) is 42.2 Å². The SMILES string of the molecule is O=C(CSc1ccc(Cl)cc1)N1CCC(NCC2CC2)CC1. The van der Waals surface area contributed by atoms with Crippen molar-refractivity contribution < 1.29 is 4.79 Å². The topological polar surface area (TPSA) is 32.3 Å². The Labute approximate surface area is 141 Å². The van der Waals surface area contributed by atoms with Gasteiger partial charge >= 0.3 is 0 Å². The molecule has 2 fully saturated rings. The van der Waals surface area contributed by atoms with Gasteiger partial charge in [-0.1, -0.05) is 11.6 Å². The van der Waals surface area contributed by atoms with E-state index in [9.17, 15) is 4.79 Å². The predicted octanol–water partition coefficient (Wildman–Crippen LogP) is 3.42. The highest BCUT2D eigenvalue weighted by Crippen LogP contribution is 2.28. The first-order valence-corrected chi connectivity index (χ1v) is 9.46. The largest absolute Gasteiger partial charge is 0.342 e. The van der Waals surface area contributed by atoms with Crippen LogP contribution >= 0.6 is 23.4 Å². The van der Waals surface area contributed by atoms with Crippen LogP contribution in [0.3, 0.4) is 0 Å². The van der Waals surface area contributed by atoms with Gasteiger partial charge in [-0.15, -0.1) is 11.8 Å². The summed E-state index contributed by atoms with van der Waals surface area (Å²) in [7, 11) is 0. The van der Waals surface area contributed by atoms with Crippen LogP contribution in [0.5, 0.6) is 0 Å². The molecule has 0 unspecified atom stereocenters. The van der Waals surface area contributed by atoms with Gasteiger partial charge in [0.1, 0.15) is 0 Å². The van der Waals surface area contributed by atoms with Gasteiger partial charge in [0.2, 0.25) is 5.91 Å². The zero-order valence-electron chi connectivity index (χ0n) is 12.8. The molecule has 1 aliphatic carbocycles. The third kappa shape index (κ3) is 4.90. The van der Waals surface area contributed by atoms with Crippen LogP contribution in [0.2, 0.25) is 5.02 Å². The third-order valence-electron chi connectivity index (χ3n) is 4.42. The molecule has 3 rings (SSSR count). The number of thioether (sulfide) groups is 1. The fraction of sp³-hybridized carbons (Fsp3) is 0.588. The van der Waals surface area contributed by atoms with E-state index in [0.717, 1.165) is 41.8 Å². The van der Waals surface area contributed by atoms with E-state index in [2.05, 4.69) is 5.32 Å². The second kappa shape index (κ2) is 7.71. The summed E-state index contributed by atoms with van der Waals surface area (Å²) in [5.41, 5.74) is 0. The highest BCUT2D eigenvalue weighted by atomic mass is 35.5. The summed E-state index contributed by atoms with van der Waals surface area (Å²) in [6.07, 6.45) is 4.96. The number of nitrogens with one attached hydrogen (secondary N) is 1. The van der Waals surface area contributed by atoms with Crippen molar-refractivity contribution in [1.82, 2.24) is 10.2 Å². The van der Waals surface area contributed by atoms with Crippen LogP contribution in [0.15, 0.2) is 29.2 Å². The van der Waals surface area contributed by atoms with Crippen molar-refractivity contribution in [1.29, 1.82) is 0 Å². The summed E-state index contributed by atoms with van der Waals surface area (Å²) >= 11 is 7.46. The highest BCUT2D eigenvalue weighted by molar-refractivity contribution is 8.00. The van der Waals surface area contributed by atoms with Crippen LogP contribution in [0.25, 0.3) is 0 Å². The number of carbonyl (C=O) groups is 1. The lowest BCUT2D eigenvalue weighted by molar-refractivity contribution is -0.129. The van der Waals surface area contributed by atoms with E-state index in [-0.39, 0.29) is 5.91 Å². The minimum Gasteiger partial charge on any atom is -0.342 e. The van der Waals surface area contributed by atoms with Crippen LogP contribution in [-0.2, 0) is 4.79 Å². The molecule has 1 saturated heterocycles. The summed E-state index contributed by atoms with van der Waals surface area (Å²) in [5, 5.41) is 4.38. The van der Waals surface area contributed by atoms with E-state index in [1.807, 2.05) is 29.2 Å². The van der Waals surface area contributed by atoms with Gasteiger partial charge in [-0.2, -0.15) is 0 Å². The van der Waals surface area contributed by atoms with E-state index in [1.54, 1.807) is 11.8 Å². The summed E-state index contributed by atoms with van der Waals surface area (Å²) in [6, 6.07) is 8.27. The Kier molecular flexibility index (Phi) is 5.66. The lowest BCUT2D eigenvalue weighted by Gasteiger charge is -2.32. The molecular weight excluding hydrogens is 316 g/mol. The van der Waals surface area contributed by atoms with Crippen molar-refractivity contribution in [2.24, 2.45) is 5.92 Å². The van der Waals surface area contributed by atoms with Gasteiger partial charge < -0.3 is 10.2 Å². The maximum absolute atomic E-state index is 12.3. The van der Waals surface area contributed by atoms with Gasteiger partial charge in [0.05, 0.1) is 5.75 Å². The number of halogens is 1. The molecule has 0 spiro atoms. The number of piperidine rings is 1. The smallest absolute Gasteiger partial charge is 0.232 e. The normalized spacial score (nSPS) is 19.4. The molecule has 1 aromatic carbocycles. The van der Waals surface area contributed by atoms with Gasteiger partial charge in [-0.25, -0.2) is 0 Å². The standard InChI is InChI=1S/C17H23ClN2OS/c18-14-3-5-16(6-4-14)22-12-17(21)20-9-7-15(8-10-20)19-11-13-1-2-13/h3-6,13,15,19H,1-2,7-12H2. The van der Waals surface area contributed by atoms with E-state index < -0.39 is 0 Å². The molecule has 2 aliphatic rings. The molecule has 0 atom stereocenters. The zero-order valence-corrected chi connectivity index (χ0v) is 14.3. The van der Waals surface area contributed by atoms with Crippen LogP contribution in [0.1, 0.15) is 25.7 Å². The summed E-state index contributed by atoms with van der Waals surface area (Å²) in [4.78, 5) is 15.4. The number of nitrogens with zero attached hydrogens (tertiary/aromatic N) is 1. The second-order valence-corrected chi connectivity index (χ2v) is 7.73. The number of amides is 1. The quantitative estimate of drug-likeness (QED) is 0.807. The molecule has 1 aromatic rings. The van der Waals surface area contributed by atoms with E-state index in [4.69, 9.17) is 11.6 Å². The van der Waals surface area contributed by atoms with Gasteiger partial charge in [0.15, 0.2) is 0 Å². The fourth-order valence-electron chi connectivity index (χ4n) is 2.76. The van der Waals surface area contributed by atoms with Gasteiger partial charge in [0.25, 0.3) is 0 Å². The Hall–Kier alpha value is -0.710. The predicted molar refractivity (Wildman–Crippen MR) is 92.5 cm³/mol. The Balaban J connectivity index is 1.36. The molecule has 0 radical (unpaired) electrons. The molecule has 1 aliphatic heterocycles. The maximum atomic E-state index is 12.3. The van der Waals surface area contributed by atoms with Crippen molar-refractivity contribution in [3.05, 3.63) is 29.3 Å². The van der Waals surface area contributed by atoms with Gasteiger partial charge in [0, 0.05) is 29.0 Å². The van der Waals surface area contributed by atoms with Crippen molar-refractivity contribution in [2.75, 3.05) is 25.4 Å². The molecule has 1 amide bonds. The summed E-state index contributed by atoms with van der Waals surface area (Å²) < 4.78 is 0.